The van der Waals surface area contributed by atoms with E-state index in [2.05, 4.69) is 31.2 Å². The van der Waals surface area contributed by atoms with E-state index in [1.165, 1.54) is 0 Å². The van der Waals surface area contributed by atoms with Gasteiger partial charge in [-0.25, -0.2) is 9.67 Å². The van der Waals surface area contributed by atoms with Crippen molar-refractivity contribution in [2.75, 3.05) is 0 Å². The van der Waals surface area contributed by atoms with E-state index in [4.69, 9.17) is 14.6 Å². The Balaban J connectivity index is 1.76. The molecule has 1 N–H and O–H groups in total. The molecule has 142 valence electrons. The summed E-state index contributed by atoms with van der Waals surface area (Å²) in [5.74, 6) is 1.04. The fourth-order valence-electron chi connectivity index (χ4n) is 3.31. The van der Waals surface area contributed by atoms with Crippen LogP contribution in [-0.2, 0) is 12.1 Å². The third-order valence-corrected chi connectivity index (χ3v) is 4.82. The summed E-state index contributed by atoms with van der Waals surface area (Å²) in [6, 6.07) is 3.76. The maximum absolute atomic E-state index is 13.0. The quantitative estimate of drug-likeness (QED) is 0.761. The van der Waals surface area contributed by atoms with Gasteiger partial charge in [-0.05, 0) is 53.5 Å². The first-order valence-corrected chi connectivity index (χ1v) is 9.35. The summed E-state index contributed by atoms with van der Waals surface area (Å²) < 4.78 is 7.00. The Bertz CT molecular complexity index is 1020. The van der Waals surface area contributed by atoms with E-state index >= 15 is 0 Å². The first kappa shape index (κ1) is 17.7. The van der Waals surface area contributed by atoms with Crippen LogP contribution in [-0.4, -0.2) is 25.8 Å². The number of carbonyl (C=O) groups excluding carboxylic acids is 1. The van der Waals surface area contributed by atoms with Crippen LogP contribution in [0.25, 0.3) is 11.0 Å². The van der Waals surface area contributed by atoms with Crippen molar-refractivity contribution in [1.29, 1.82) is 0 Å². The Kier molecular flexibility index (Phi) is 4.05. The standard InChI is InChI=1S/C20H25N5O2/c1-11-8-14(24-27-11)10-21-19(26)15-9-16(13-6-7-13)22-18-17(15)12(2)23-25(18)20(3,4)5/h8-9,13H,6-7,10H2,1-5H3,(H,21,26). The molecular weight excluding hydrogens is 342 g/mol. The molecule has 1 aliphatic rings. The molecule has 3 heterocycles. The molecular formula is C20H25N5O2. The number of hydrogen-bond acceptors (Lipinski definition) is 5. The second-order valence-electron chi connectivity index (χ2n) is 8.35. The summed E-state index contributed by atoms with van der Waals surface area (Å²) in [5.41, 5.74) is 3.71. The van der Waals surface area contributed by atoms with Crippen LogP contribution in [0.4, 0.5) is 0 Å². The van der Waals surface area contributed by atoms with Gasteiger partial charge in [-0.3, -0.25) is 4.79 Å². The Labute approximate surface area is 158 Å². The maximum Gasteiger partial charge on any atom is 0.252 e. The lowest BCUT2D eigenvalue weighted by molar-refractivity contribution is 0.0951. The molecule has 3 aromatic heterocycles. The van der Waals surface area contributed by atoms with Gasteiger partial charge in [0, 0.05) is 17.7 Å². The highest BCUT2D eigenvalue weighted by Gasteiger charge is 2.30. The van der Waals surface area contributed by atoms with Crippen LogP contribution in [0.5, 0.6) is 0 Å². The topological polar surface area (TPSA) is 85.8 Å². The van der Waals surface area contributed by atoms with Crippen molar-refractivity contribution in [2.24, 2.45) is 0 Å². The monoisotopic (exact) mass is 367 g/mol. The SMILES string of the molecule is Cc1cc(CNC(=O)c2cc(C3CC3)nc3c2c(C)nn3C(C)(C)C)no1. The molecule has 0 aliphatic heterocycles. The van der Waals surface area contributed by atoms with Crippen molar-refractivity contribution in [3.63, 3.8) is 0 Å². The first-order chi connectivity index (χ1) is 12.7. The van der Waals surface area contributed by atoms with Crippen molar-refractivity contribution in [3.8, 4) is 0 Å². The predicted octanol–water partition coefficient (Wildman–Crippen LogP) is 3.60. The summed E-state index contributed by atoms with van der Waals surface area (Å²) in [7, 11) is 0. The van der Waals surface area contributed by atoms with Crippen LogP contribution < -0.4 is 5.32 Å². The molecule has 0 unspecified atom stereocenters. The minimum Gasteiger partial charge on any atom is -0.361 e. The van der Waals surface area contributed by atoms with E-state index in [1.54, 1.807) is 0 Å². The molecule has 4 rings (SSSR count). The lowest BCUT2D eigenvalue weighted by atomic mass is 10.1. The highest BCUT2D eigenvalue weighted by molar-refractivity contribution is 6.06. The minimum atomic E-state index is -0.215. The van der Waals surface area contributed by atoms with Crippen LogP contribution in [0.15, 0.2) is 16.7 Å². The molecule has 0 radical (unpaired) electrons. The fourth-order valence-corrected chi connectivity index (χ4v) is 3.31. The largest absolute Gasteiger partial charge is 0.361 e. The van der Waals surface area contributed by atoms with Crippen LogP contribution in [0.2, 0.25) is 0 Å². The van der Waals surface area contributed by atoms with Gasteiger partial charge in [0.15, 0.2) is 5.65 Å². The van der Waals surface area contributed by atoms with E-state index in [9.17, 15) is 4.79 Å². The van der Waals surface area contributed by atoms with E-state index < -0.39 is 0 Å². The molecule has 0 atom stereocenters. The number of fused-ring (bicyclic) bond motifs is 1. The lowest BCUT2D eigenvalue weighted by Gasteiger charge is -2.20. The Morgan fingerprint density at radius 3 is 2.63 bits per heavy atom. The number of nitrogens with zero attached hydrogens (tertiary/aromatic N) is 4. The van der Waals surface area contributed by atoms with Crippen molar-refractivity contribution in [1.82, 2.24) is 25.2 Å². The van der Waals surface area contributed by atoms with Gasteiger partial charge in [-0.2, -0.15) is 5.10 Å². The van der Waals surface area contributed by atoms with Gasteiger partial charge >= 0.3 is 0 Å². The van der Waals surface area contributed by atoms with Crippen LogP contribution in [0, 0.1) is 13.8 Å². The number of amides is 1. The molecule has 0 bridgehead atoms. The van der Waals surface area contributed by atoms with Gasteiger partial charge < -0.3 is 9.84 Å². The fraction of sp³-hybridized carbons (Fsp3) is 0.500. The zero-order valence-corrected chi connectivity index (χ0v) is 16.5. The molecule has 0 aromatic carbocycles. The molecule has 1 amide bonds. The molecule has 1 fully saturated rings. The predicted molar refractivity (Wildman–Crippen MR) is 102 cm³/mol. The average molecular weight is 367 g/mol. The Morgan fingerprint density at radius 1 is 1.30 bits per heavy atom. The molecule has 3 aromatic rings. The first-order valence-electron chi connectivity index (χ1n) is 9.35. The van der Waals surface area contributed by atoms with Gasteiger partial charge in [0.25, 0.3) is 5.91 Å². The molecule has 7 heteroatoms. The highest BCUT2D eigenvalue weighted by Crippen LogP contribution is 2.41. The average Bonchev–Trinajstić information content (AvgIpc) is 3.28. The zero-order valence-electron chi connectivity index (χ0n) is 16.5. The molecule has 0 saturated heterocycles. The van der Waals surface area contributed by atoms with Crippen molar-refractivity contribution < 1.29 is 9.32 Å². The summed E-state index contributed by atoms with van der Waals surface area (Å²) in [6.45, 7) is 10.4. The number of carbonyl (C=O) groups is 1. The summed E-state index contributed by atoms with van der Waals surface area (Å²) in [5, 5.41) is 12.4. The summed E-state index contributed by atoms with van der Waals surface area (Å²) in [4.78, 5) is 17.9. The van der Waals surface area contributed by atoms with Gasteiger partial charge in [0.1, 0.15) is 11.5 Å². The third-order valence-electron chi connectivity index (χ3n) is 4.82. The van der Waals surface area contributed by atoms with E-state index in [0.29, 0.717) is 23.7 Å². The van der Waals surface area contributed by atoms with Gasteiger partial charge in [-0.15, -0.1) is 0 Å². The van der Waals surface area contributed by atoms with Crippen LogP contribution in [0.1, 0.15) is 72.7 Å². The molecule has 0 spiro atoms. The number of hydrogen-bond donors (Lipinski definition) is 1. The number of nitrogens with one attached hydrogen (secondary N) is 1. The Morgan fingerprint density at radius 2 is 2.04 bits per heavy atom. The van der Waals surface area contributed by atoms with Gasteiger partial charge in [-0.1, -0.05) is 5.16 Å². The smallest absolute Gasteiger partial charge is 0.252 e. The molecule has 27 heavy (non-hydrogen) atoms. The number of aromatic nitrogens is 4. The summed E-state index contributed by atoms with van der Waals surface area (Å²) in [6.07, 6.45) is 2.25. The zero-order chi connectivity index (χ0) is 19.3. The number of pyridine rings is 1. The molecule has 1 saturated carbocycles. The van der Waals surface area contributed by atoms with E-state index in [-0.39, 0.29) is 11.4 Å². The molecule has 7 nitrogen and oxygen atoms in total. The lowest BCUT2D eigenvalue weighted by Crippen LogP contribution is -2.25. The van der Waals surface area contributed by atoms with Crippen LogP contribution >= 0.6 is 0 Å². The normalized spacial score (nSPS) is 14.7. The van der Waals surface area contributed by atoms with Crippen molar-refractivity contribution >= 4 is 16.9 Å². The second kappa shape index (κ2) is 6.18. The van der Waals surface area contributed by atoms with Crippen molar-refractivity contribution in [2.45, 2.75) is 65.5 Å². The third kappa shape index (κ3) is 3.34. The summed E-state index contributed by atoms with van der Waals surface area (Å²) >= 11 is 0. The van der Waals surface area contributed by atoms with E-state index in [0.717, 1.165) is 41.0 Å². The van der Waals surface area contributed by atoms with Gasteiger partial charge in [0.2, 0.25) is 0 Å². The number of aryl methyl sites for hydroxylation is 2. The highest BCUT2D eigenvalue weighted by atomic mass is 16.5. The molecule has 1 aliphatic carbocycles. The Hall–Kier alpha value is -2.70. The maximum atomic E-state index is 13.0. The van der Waals surface area contributed by atoms with Crippen LogP contribution in [0.3, 0.4) is 0 Å². The van der Waals surface area contributed by atoms with E-state index in [1.807, 2.05) is 30.7 Å². The van der Waals surface area contributed by atoms with Crippen molar-refractivity contribution in [3.05, 3.63) is 40.5 Å². The number of rotatable bonds is 4. The minimum absolute atomic E-state index is 0.137. The second-order valence-corrected chi connectivity index (χ2v) is 8.35. The van der Waals surface area contributed by atoms with Gasteiger partial charge in [0.05, 0.1) is 28.7 Å².